The Morgan fingerprint density at radius 1 is 1.23 bits per heavy atom. The molecule has 0 radical (unpaired) electrons. The predicted octanol–water partition coefficient (Wildman–Crippen LogP) is 2.56. The molecule has 1 fully saturated rings. The molecular formula is C25H34FN5O4. The van der Waals surface area contributed by atoms with Gasteiger partial charge in [0.2, 0.25) is 6.41 Å². The summed E-state index contributed by atoms with van der Waals surface area (Å²) in [5.74, 6) is -0.340. The van der Waals surface area contributed by atoms with Crippen molar-refractivity contribution in [2.24, 2.45) is 4.99 Å². The molecule has 35 heavy (non-hydrogen) atoms. The van der Waals surface area contributed by atoms with E-state index in [1.807, 2.05) is 6.92 Å². The van der Waals surface area contributed by atoms with Gasteiger partial charge in [0, 0.05) is 51.4 Å². The Labute approximate surface area is 205 Å². The molecule has 3 rings (SSSR count). The van der Waals surface area contributed by atoms with Gasteiger partial charge in [-0.3, -0.25) is 14.7 Å². The largest absolute Gasteiger partial charge is 0.494 e. The molecule has 1 aromatic heterocycles. The third-order valence-corrected chi connectivity index (χ3v) is 5.75. The Hall–Kier alpha value is -3.08. The molecule has 1 amide bonds. The van der Waals surface area contributed by atoms with Crippen LogP contribution in [-0.4, -0.2) is 98.8 Å². The highest BCUT2D eigenvalue weighted by molar-refractivity contribution is 5.85. The normalized spacial score (nSPS) is 14.5. The van der Waals surface area contributed by atoms with Crippen molar-refractivity contribution < 1.29 is 23.8 Å². The van der Waals surface area contributed by atoms with Crippen LogP contribution in [0.15, 0.2) is 35.5 Å². The minimum absolute atomic E-state index is 0.150. The summed E-state index contributed by atoms with van der Waals surface area (Å²) in [6.07, 6.45) is 5.00. The van der Waals surface area contributed by atoms with Crippen molar-refractivity contribution in [1.82, 2.24) is 14.8 Å². The molecule has 10 heteroatoms. The number of anilines is 1. The number of carbonyl (C=O) groups excluding carboxylic acids is 1. The van der Waals surface area contributed by atoms with E-state index in [4.69, 9.17) is 14.6 Å². The van der Waals surface area contributed by atoms with E-state index in [0.29, 0.717) is 48.9 Å². The topological polar surface area (TPSA) is 90.7 Å². The summed E-state index contributed by atoms with van der Waals surface area (Å²) in [6, 6.07) is 6.36. The lowest BCUT2D eigenvalue weighted by atomic mass is 10.1. The van der Waals surface area contributed by atoms with Gasteiger partial charge in [-0.05, 0) is 30.7 Å². The van der Waals surface area contributed by atoms with Crippen LogP contribution in [0.1, 0.15) is 13.3 Å². The molecule has 2 aromatic rings. The summed E-state index contributed by atoms with van der Waals surface area (Å²) in [4.78, 5) is 26.9. The first kappa shape index (κ1) is 26.5. The zero-order chi connectivity index (χ0) is 25.0. The summed E-state index contributed by atoms with van der Waals surface area (Å²) in [5.41, 5.74) is 2.17. The quantitative estimate of drug-likeness (QED) is 0.201. The van der Waals surface area contributed by atoms with E-state index in [1.54, 1.807) is 30.7 Å². The second kappa shape index (κ2) is 13.7. The maximum absolute atomic E-state index is 14.3. The van der Waals surface area contributed by atoms with Gasteiger partial charge in [-0.1, -0.05) is 6.92 Å². The standard InChI is InChI=1S/C25H34FN5O4/c1-3-13-35-14-11-31(19-33)24-16-22(20-4-5-25(34-2)21(26)15-20)27-17-23(24)28-18-30-8-6-29(7-9-30)10-12-32/h4-5,15-19,32H,3,6-14H2,1-2H3/b28-18+. The number of hydrogen-bond acceptors (Lipinski definition) is 7. The third-order valence-electron chi connectivity index (χ3n) is 5.75. The zero-order valence-electron chi connectivity index (χ0n) is 20.4. The van der Waals surface area contributed by atoms with Gasteiger partial charge in [-0.2, -0.15) is 0 Å². The van der Waals surface area contributed by atoms with Gasteiger partial charge in [-0.15, -0.1) is 0 Å². The molecule has 0 atom stereocenters. The minimum Gasteiger partial charge on any atom is -0.494 e. The molecule has 0 saturated carbocycles. The molecule has 0 aliphatic carbocycles. The number of carbonyl (C=O) groups is 1. The lowest BCUT2D eigenvalue weighted by Gasteiger charge is -2.33. The Kier molecular flexibility index (Phi) is 10.4. The summed E-state index contributed by atoms with van der Waals surface area (Å²) in [6.45, 7) is 7.46. The number of rotatable bonds is 13. The minimum atomic E-state index is -0.490. The molecular weight excluding hydrogens is 453 g/mol. The zero-order valence-corrected chi connectivity index (χ0v) is 20.4. The number of aliphatic hydroxyl groups is 1. The highest BCUT2D eigenvalue weighted by atomic mass is 19.1. The lowest BCUT2D eigenvalue weighted by Crippen LogP contribution is -2.46. The number of piperazine rings is 1. The molecule has 2 heterocycles. The molecule has 9 nitrogen and oxygen atoms in total. The predicted molar refractivity (Wildman–Crippen MR) is 134 cm³/mol. The first-order chi connectivity index (χ1) is 17.1. The van der Waals surface area contributed by atoms with E-state index < -0.39 is 5.82 Å². The Morgan fingerprint density at radius 2 is 2.03 bits per heavy atom. The molecule has 1 saturated heterocycles. The summed E-state index contributed by atoms with van der Waals surface area (Å²) < 4.78 is 24.9. The van der Waals surface area contributed by atoms with Crippen LogP contribution in [0.25, 0.3) is 11.3 Å². The molecule has 0 spiro atoms. The van der Waals surface area contributed by atoms with Crippen LogP contribution in [0, 0.1) is 5.82 Å². The number of aliphatic hydroxyl groups excluding tert-OH is 1. The van der Waals surface area contributed by atoms with Crippen molar-refractivity contribution in [1.29, 1.82) is 0 Å². The van der Waals surface area contributed by atoms with E-state index in [9.17, 15) is 9.18 Å². The van der Waals surface area contributed by atoms with Crippen LogP contribution in [0.3, 0.4) is 0 Å². The van der Waals surface area contributed by atoms with Crippen molar-refractivity contribution in [3.8, 4) is 17.0 Å². The highest BCUT2D eigenvalue weighted by Crippen LogP contribution is 2.32. The van der Waals surface area contributed by atoms with E-state index in [-0.39, 0.29) is 12.4 Å². The smallest absolute Gasteiger partial charge is 0.214 e. The number of aliphatic imine (C=N–C) groups is 1. The van der Waals surface area contributed by atoms with Crippen molar-refractivity contribution >= 4 is 24.1 Å². The van der Waals surface area contributed by atoms with Gasteiger partial charge in [0.15, 0.2) is 11.6 Å². The number of aromatic nitrogens is 1. The number of pyridine rings is 1. The highest BCUT2D eigenvalue weighted by Gasteiger charge is 2.17. The average Bonchev–Trinajstić information content (AvgIpc) is 2.88. The van der Waals surface area contributed by atoms with E-state index in [1.165, 1.54) is 18.1 Å². The second-order valence-electron chi connectivity index (χ2n) is 8.16. The fraction of sp³-hybridized carbons (Fsp3) is 0.480. The Bertz CT molecular complexity index is 982. The van der Waals surface area contributed by atoms with Crippen molar-refractivity contribution in [2.45, 2.75) is 13.3 Å². The summed E-state index contributed by atoms with van der Waals surface area (Å²) in [7, 11) is 1.41. The maximum Gasteiger partial charge on any atom is 0.214 e. The van der Waals surface area contributed by atoms with Crippen LogP contribution in [0.2, 0.25) is 0 Å². The monoisotopic (exact) mass is 487 g/mol. The first-order valence-corrected chi connectivity index (χ1v) is 11.8. The molecule has 1 N–H and O–H groups in total. The number of nitrogens with zero attached hydrogens (tertiary/aromatic N) is 5. The molecule has 0 unspecified atom stereocenters. The number of ether oxygens (including phenoxy) is 2. The molecule has 0 bridgehead atoms. The Morgan fingerprint density at radius 3 is 2.69 bits per heavy atom. The van der Waals surface area contributed by atoms with Crippen molar-refractivity contribution in [2.75, 3.05) is 71.1 Å². The average molecular weight is 488 g/mol. The number of methoxy groups -OCH3 is 1. The van der Waals surface area contributed by atoms with Gasteiger partial charge in [0.1, 0.15) is 5.69 Å². The van der Waals surface area contributed by atoms with E-state index in [0.717, 1.165) is 39.0 Å². The fourth-order valence-corrected chi connectivity index (χ4v) is 3.78. The van der Waals surface area contributed by atoms with E-state index >= 15 is 0 Å². The van der Waals surface area contributed by atoms with Crippen molar-refractivity contribution in [3.63, 3.8) is 0 Å². The molecule has 1 aromatic carbocycles. The van der Waals surface area contributed by atoms with Crippen LogP contribution < -0.4 is 9.64 Å². The first-order valence-electron chi connectivity index (χ1n) is 11.8. The lowest BCUT2D eigenvalue weighted by molar-refractivity contribution is -0.107. The summed E-state index contributed by atoms with van der Waals surface area (Å²) >= 11 is 0. The van der Waals surface area contributed by atoms with Gasteiger partial charge >= 0.3 is 0 Å². The molecule has 1 aliphatic rings. The van der Waals surface area contributed by atoms with Crippen LogP contribution in [-0.2, 0) is 9.53 Å². The van der Waals surface area contributed by atoms with Crippen LogP contribution in [0.5, 0.6) is 5.75 Å². The maximum atomic E-state index is 14.3. The molecule has 1 aliphatic heterocycles. The third kappa shape index (κ3) is 7.45. The Balaban J connectivity index is 1.85. The fourth-order valence-electron chi connectivity index (χ4n) is 3.78. The van der Waals surface area contributed by atoms with Crippen molar-refractivity contribution in [3.05, 3.63) is 36.3 Å². The van der Waals surface area contributed by atoms with Gasteiger partial charge in [0.25, 0.3) is 0 Å². The summed E-state index contributed by atoms with van der Waals surface area (Å²) in [5, 5.41) is 9.12. The molecule has 190 valence electrons. The number of β-amino-alcohol motifs (C(OH)–C–C–N with tert-alkyl or cyclic N) is 1. The second-order valence-corrected chi connectivity index (χ2v) is 8.16. The SMILES string of the molecule is CCCOCCN(C=O)c1cc(-c2ccc(OC)c(F)c2)ncc1/N=C/N1CCN(CCO)CC1. The van der Waals surface area contributed by atoms with Crippen LogP contribution >= 0.6 is 0 Å². The van der Waals surface area contributed by atoms with Crippen LogP contribution in [0.4, 0.5) is 15.8 Å². The number of halogens is 1. The van der Waals surface area contributed by atoms with Gasteiger partial charge in [-0.25, -0.2) is 9.38 Å². The van der Waals surface area contributed by atoms with Gasteiger partial charge < -0.3 is 24.4 Å². The number of hydrogen-bond donors (Lipinski definition) is 1. The number of benzene rings is 1. The van der Waals surface area contributed by atoms with E-state index in [2.05, 4.69) is 19.8 Å². The number of amides is 1. The van der Waals surface area contributed by atoms with Gasteiger partial charge in [0.05, 0.1) is 44.2 Å².